The Morgan fingerprint density at radius 2 is 1.97 bits per heavy atom. The van der Waals surface area contributed by atoms with Gasteiger partial charge in [0.2, 0.25) is 4.77 Å². The van der Waals surface area contributed by atoms with Crippen molar-refractivity contribution in [3.63, 3.8) is 0 Å². The number of benzene rings is 2. The molecule has 1 unspecified atom stereocenters. The van der Waals surface area contributed by atoms with Crippen molar-refractivity contribution >= 4 is 33.7 Å². The van der Waals surface area contributed by atoms with E-state index in [4.69, 9.17) is 28.9 Å². The maximum atomic E-state index is 11.9. The smallest absolute Gasteiger partial charge is 0.204 e. The van der Waals surface area contributed by atoms with Crippen molar-refractivity contribution < 1.29 is 8.42 Å². The average molecular weight is 463 g/mol. The molecule has 0 amide bonds. The summed E-state index contributed by atoms with van der Waals surface area (Å²) in [7, 11) is -1.04. The van der Waals surface area contributed by atoms with Crippen LogP contribution in [0.4, 0.5) is 0 Å². The highest BCUT2D eigenvalue weighted by atomic mass is 35.5. The summed E-state index contributed by atoms with van der Waals surface area (Å²) in [6.45, 7) is 2.45. The van der Waals surface area contributed by atoms with E-state index in [2.05, 4.69) is 6.07 Å². The van der Waals surface area contributed by atoms with E-state index < -0.39 is 9.84 Å². The topological polar surface area (TPSA) is 60.1 Å². The minimum atomic E-state index is -2.96. The second-order valence-corrected chi connectivity index (χ2v) is 10.8. The number of aryl methyl sites for hydroxylation is 1. The molecule has 1 fully saturated rings. The van der Waals surface area contributed by atoms with Crippen LogP contribution in [0, 0.1) is 11.7 Å². The Morgan fingerprint density at radius 1 is 1.23 bits per heavy atom. The number of aromatic nitrogens is 3. The minimum absolute atomic E-state index is 0.0278. The molecule has 4 rings (SSSR count). The number of sulfone groups is 1. The van der Waals surface area contributed by atoms with E-state index in [1.54, 1.807) is 4.68 Å². The molecule has 0 saturated carbocycles. The van der Waals surface area contributed by atoms with Gasteiger partial charge in [0.1, 0.15) is 0 Å². The fourth-order valence-electron chi connectivity index (χ4n) is 3.74. The lowest BCUT2D eigenvalue weighted by Crippen LogP contribution is -2.34. The molecule has 30 heavy (non-hydrogen) atoms. The van der Waals surface area contributed by atoms with Gasteiger partial charge >= 0.3 is 0 Å². The number of hydrogen-bond acceptors (Lipinski definition) is 5. The zero-order chi connectivity index (χ0) is 21.5. The first-order valence-electron chi connectivity index (χ1n) is 9.67. The van der Waals surface area contributed by atoms with Gasteiger partial charge in [0.05, 0.1) is 23.9 Å². The second-order valence-electron chi connectivity index (χ2n) is 7.74. The third kappa shape index (κ3) is 4.37. The minimum Gasteiger partial charge on any atom is -0.283 e. The Balaban J connectivity index is 1.76. The highest BCUT2D eigenvalue weighted by molar-refractivity contribution is 7.91. The summed E-state index contributed by atoms with van der Waals surface area (Å²) in [5.74, 6) is 1.13. The average Bonchev–Trinajstić information content (AvgIpc) is 3.22. The van der Waals surface area contributed by atoms with E-state index in [0.29, 0.717) is 22.9 Å². The standard InChI is InChI=1S/C21H23ClN4O2S2/c1-15-4-3-5-18(12-15)26-20(16-6-8-17(22)9-7-16)23-25(21(26)29)14-24(2)19-10-11-30(27,28)13-19/h3-9,12,19H,10-11,13-14H2,1-2H3. The van der Waals surface area contributed by atoms with Crippen molar-refractivity contribution in [2.75, 3.05) is 18.6 Å². The van der Waals surface area contributed by atoms with Crippen LogP contribution < -0.4 is 0 Å². The van der Waals surface area contributed by atoms with Gasteiger partial charge in [0.25, 0.3) is 0 Å². The zero-order valence-corrected chi connectivity index (χ0v) is 19.2. The molecular weight excluding hydrogens is 440 g/mol. The molecule has 6 nitrogen and oxygen atoms in total. The van der Waals surface area contributed by atoms with Crippen molar-refractivity contribution in [3.05, 3.63) is 63.9 Å². The SMILES string of the molecule is Cc1cccc(-n2c(-c3ccc(Cl)cc3)nn(CN(C)C3CCS(=O)(=O)C3)c2=S)c1. The summed E-state index contributed by atoms with van der Waals surface area (Å²) in [5, 5.41) is 5.46. The molecule has 158 valence electrons. The van der Waals surface area contributed by atoms with Crippen LogP contribution in [0.5, 0.6) is 0 Å². The summed E-state index contributed by atoms with van der Waals surface area (Å²) in [4.78, 5) is 2.01. The predicted octanol–water partition coefficient (Wildman–Crippen LogP) is 4.11. The lowest BCUT2D eigenvalue weighted by Gasteiger charge is -2.22. The van der Waals surface area contributed by atoms with Crippen molar-refractivity contribution in [3.8, 4) is 17.1 Å². The molecule has 0 bridgehead atoms. The molecule has 0 spiro atoms. The second kappa shape index (κ2) is 8.26. The molecule has 1 aliphatic rings. The van der Waals surface area contributed by atoms with E-state index in [1.165, 1.54) is 0 Å². The van der Waals surface area contributed by atoms with Crippen LogP contribution in [0.3, 0.4) is 0 Å². The molecule has 0 N–H and O–H groups in total. The predicted molar refractivity (Wildman–Crippen MR) is 122 cm³/mol. The molecule has 2 aromatic carbocycles. The number of hydrogen-bond donors (Lipinski definition) is 0. The lowest BCUT2D eigenvalue weighted by molar-refractivity contribution is 0.196. The molecule has 1 aliphatic heterocycles. The number of halogens is 1. The van der Waals surface area contributed by atoms with Crippen LogP contribution in [0.15, 0.2) is 48.5 Å². The van der Waals surface area contributed by atoms with Gasteiger partial charge in [-0.1, -0.05) is 23.7 Å². The third-order valence-corrected chi connectivity index (χ3v) is 7.79. The fourth-order valence-corrected chi connectivity index (χ4v) is 5.96. The quantitative estimate of drug-likeness (QED) is 0.534. The normalized spacial score (nSPS) is 18.2. The van der Waals surface area contributed by atoms with Gasteiger partial charge in [-0.15, -0.1) is 5.10 Å². The maximum absolute atomic E-state index is 11.9. The highest BCUT2D eigenvalue weighted by Crippen LogP contribution is 2.25. The van der Waals surface area contributed by atoms with Gasteiger partial charge in [-0.25, -0.2) is 13.1 Å². The van der Waals surface area contributed by atoms with Gasteiger partial charge in [-0.2, -0.15) is 0 Å². The Labute approximate surface area is 186 Å². The van der Waals surface area contributed by atoms with Crippen molar-refractivity contribution in [1.82, 2.24) is 19.2 Å². The maximum Gasteiger partial charge on any atom is 0.204 e. The van der Waals surface area contributed by atoms with E-state index in [-0.39, 0.29) is 17.5 Å². The van der Waals surface area contributed by atoms with Gasteiger partial charge < -0.3 is 0 Å². The van der Waals surface area contributed by atoms with Gasteiger partial charge in [-0.3, -0.25) is 9.47 Å². The summed E-state index contributed by atoms with van der Waals surface area (Å²) in [6.07, 6.45) is 0.634. The first-order valence-corrected chi connectivity index (χ1v) is 12.3. The number of rotatable bonds is 5. The largest absolute Gasteiger partial charge is 0.283 e. The Bertz CT molecular complexity index is 1230. The van der Waals surface area contributed by atoms with E-state index in [1.807, 2.05) is 65.9 Å². The molecule has 0 radical (unpaired) electrons. The molecular formula is C21H23ClN4O2S2. The number of nitrogens with zero attached hydrogens (tertiary/aromatic N) is 4. The fraction of sp³-hybridized carbons (Fsp3) is 0.333. The van der Waals surface area contributed by atoms with Crippen LogP contribution in [-0.2, 0) is 16.5 Å². The van der Waals surface area contributed by atoms with Gasteiger partial charge in [0, 0.05) is 16.6 Å². The van der Waals surface area contributed by atoms with Crippen molar-refractivity contribution in [2.24, 2.45) is 0 Å². The van der Waals surface area contributed by atoms with Crippen molar-refractivity contribution in [2.45, 2.75) is 26.1 Å². The van der Waals surface area contributed by atoms with E-state index in [0.717, 1.165) is 22.6 Å². The molecule has 0 aliphatic carbocycles. The van der Waals surface area contributed by atoms with Crippen LogP contribution in [0.25, 0.3) is 17.1 Å². The molecule has 1 atom stereocenters. The molecule has 1 saturated heterocycles. The highest BCUT2D eigenvalue weighted by Gasteiger charge is 2.31. The first kappa shape index (κ1) is 21.2. The third-order valence-electron chi connectivity index (χ3n) is 5.39. The van der Waals surface area contributed by atoms with Crippen molar-refractivity contribution in [1.29, 1.82) is 0 Å². The molecule has 2 heterocycles. The first-order chi connectivity index (χ1) is 14.2. The van der Waals surface area contributed by atoms with E-state index >= 15 is 0 Å². The van der Waals surface area contributed by atoms with Gasteiger partial charge in [0.15, 0.2) is 15.7 Å². The van der Waals surface area contributed by atoms with Crippen LogP contribution in [-0.4, -0.2) is 52.3 Å². The molecule has 9 heteroatoms. The Hall–Kier alpha value is -2.00. The Morgan fingerprint density at radius 3 is 2.60 bits per heavy atom. The van der Waals surface area contributed by atoms with Crippen LogP contribution >= 0.6 is 23.8 Å². The van der Waals surface area contributed by atoms with Crippen LogP contribution in [0.1, 0.15) is 12.0 Å². The zero-order valence-electron chi connectivity index (χ0n) is 16.8. The lowest BCUT2D eigenvalue weighted by atomic mass is 10.2. The monoisotopic (exact) mass is 462 g/mol. The summed E-state index contributed by atoms with van der Waals surface area (Å²) in [6, 6.07) is 15.6. The Kier molecular flexibility index (Phi) is 5.85. The van der Waals surface area contributed by atoms with E-state index in [9.17, 15) is 8.42 Å². The van der Waals surface area contributed by atoms with Gasteiger partial charge in [-0.05, 0) is 74.6 Å². The molecule has 1 aromatic heterocycles. The van der Waals surface area contributed by atoms with Crippen LogP contribution in [0.2, 0.25) is 5.02 Å². The summed E-state index contributed by atoms with van der Waals surface area (Å²) >= 11 is 11.9. The summed E-state index contributed by atoms with van der Waals surface area (Å²) in [5.41, 5.74) is 2.96. The summed E-state index contributed by atoms with van der Waals surface area (Å²) < 4.78 is 28.0. The molecule has 3 aromatic rings.